The lowest BCUT2D eigenvalue weighted by Gasteiger charge is -1.38. The molecule has 0 saturated heterocycles. The highest BCUT2D eigenvalue weighted by atomic mass is 35.5. The Balaban J connectivity index is -0.0000000200. The molecule has 4 N–H and O–H groups in total. The zero-order chi connectivity index (χ0) is 2.71. The molecule has 0 aromatic heterocycles. The van der Waals surface area contributed by atoms with Crippen molar-refractivity contribution in [2.45, 2.75) is 6.82 Å². The molecule has 0 fully saturated rings. The van der Waals surface area contributed by atoms with Crippen molar-refractivity contribution in [3.63, 3.8) is 0 Å². The highest BCUT2D eigenvalue weighted by Crippen LogP contribution is 1.54. The van der Waals surface area contributed by atoms with Crippen molar-refractivity contribution in [1.82, 2.24) is 0 Å². The van der Waals surface area contributed by atoms with Crippen molar-refractivity contribution in [1.29, 1.82) is 0 Å². The van der Waals surface area contributed by atoms with Gasteiger partial charge >= 0.3 is 0 Å². The molecule has 0 radical (unpaired) electrons. The Morgan fingerprint density at radius 3 is 1.40 bits per heavy atom. The van der Waals surface area contributed by atoms with Crippen LogP contribution in [0.4, 0.5) is 0 Å². The van der Waals surface area contributed by atoms with Gasteiger partial charge in [0.15, 0.2) is 0 Å². The monoisotopic (exact) mass is 98.0 g/mol. The molecule has 0 amide bonds. The fourth-order valence-corrected chi connectivity index (χ4v) is 0. The first-order chi connectivity index (χ1) is 1.41. The van der Waals surface area contributed by atoms with Gasteiger partial charge in [-0.3, -0.25) is 0 Å². The first kappa shape index (κ1) is 18.6. The molecular formula is CH8BClO2. The lowest BCUT2D eigenvalue weighted by molar-refractivity contribution is 0.823. The third kappa shape index (κ3) is 293. The van der Waals surface area contributed by atoms with E-state index in [1.54, 1.807) is 0 Å². The lowest BCUT2D eigenvalue weighted by atomic mass is 10.2. The van der Waals surface area contributed by atoms with Crippen molar-refractivity contribution in [2.75, 3.05) is 0 Å². The summed E-state index contributed by atoms with van der Waals surface area (Å²) in [5.74, 6) is 0. The maximum absolute atomic E-state index is 5.00. The zero-order valence-electron chi connectivity index (χ0n) is 3.09. The van der Waals surface area contributed by atoms with Crippen molar-refractivity contribution < 1.29 is 11.0 Å². The minimum Gasteiger partial charge on any atom is -0.412 e. The molecule has 4 heteroatoms. The van der Waals surface area contributed by atoms with Gasteiger partial charge in [-0.15, -0.1) is 0 Å². The van der Waals surface area contributed by atoms with Crippen LogP contribution in [0, 0.1) is 0 Å². The van der Waals surface area contributed by atoms with E-state index in [1.807, 2.05) is 6.82 Å². The van der Waals surface area contributed by atoms with Gasteiger partial charge in [0, 0.05) is 0 Å². The van der Waals surface area contributed by atoms with E-state index in [1.165, 1.54) is 0 Å². The van der Waals surface area contributed by atoms with Crippen LogP contribution >= 0.6 is 11.5 Å². The summed E-state index contributed by atoms with van der Waals surface area (Å²) in [5.41, 5.74) is 0. The van der Waals surface area contributed by atoms with E-state index in [0.29, 0.717) is 0 Å². The maximum Gasteiger partial charge on any atom is 0.229 e. The second-order valence-corrected chi connectivity index (χ2v) is 0.802. The molecule has 34 valence electrons. The third-order valence-corrected chi connectivity index (χ3v) is 0. The van der Waals surface area contributed by atoms with E-state index in [2.05, 4.69) is 0 Å². The smallest absolute Gasteiger partial charge is 0.229 e. The second kappa shape index (κ2) is 28.2. The number of rotatable bonds is 0. The second-order valence-electron chi connectivity index (χ2n) is 0.267. The normalized spacial score (nSPS) is 2.80. The van der Waals surface area contributed by atoms with Crippen molar-refractivity contribution in [3.05, 3.63) is 0 Å². The number of hydrogen-bond donors (Lipinski definition) is 0. The Kier molecular flexibility index (Phi) is 105. The molecule has 0 bridgehead atoms. The summed E-state index contributed by atoms with van der Waals surface area (Å²) in [5, 5.41) is 0. The fourth-order valence-electron chi connectivity index (χ4n) is 0. The lowest BCUT2D eigenvalue weighted by Crippen LogP contribution is -1.45. The van der Waals surface area contributed by atoms with Gasteiger partial charge in [0.25, 0.3) is 0 Å². The molecule has 5 heavy (non-hydrogen) atoms. The molecule has 0 unspecified atom stereocenters. The molecule has 0 aliphatic carbocycles. The maximum atomic E-state index is 5.00. The van der Waals surface area contributed by atoms with Gasteiger partial charge in [-0.2, -0.15) is 0 Å². The molecule has 0 aliphatic heterocycles. The summed E-state index contributed by atoms with van der Waals surface area (Å²) < 4.78 is 0. The van der Waals surface area contributed by atoms with Gasteiger partial charge in [-0.25, -0.2) is 11.5 Å². The summed E-state index contributed by atoms with van der Waals surface area (Å²) in [6.07, 6.45) is 0. The predicted octanol–water partition coefficient (Wildman–Crippen LogP) is -1.02. The SMILES string of the molecule is CBCl.O.O. The molecule has 0 rings (SSSR count). The van der Waals surface area contributed by atoms with E-state index in [9.17, 15) is 0 Å². The first-order valence-corrected chi connectivity index (χ1v) is 1.51. The minimum absolute atomic E-state index is 0. The van der Waals surface area contributed by atoms with Crippen molar-refractivity contribution >= 4 is 18.2 Å². The summed E-state index contributed by atoms with van der Waals surface area (Å²) in [6, 6.07) is 0. The molecule has 2 nitrogen and oxygen atoms in total. The highest BCUT2D eigenvalue weighted by molar-refractivity contribution is 6.92. The Hall–Kier alpha value is 0.275. The van der Waals surface area contributed by atoms with Gasteiger partial charge in [-0.05, 0) is 0 Å². The van der Waals surface area contributed by atoms with Crippen LogP contribution in [0.15, 0.2) is 0 Å². The summed E-state index contributed by atoms with van der Waals surface area (Å²) in [4.78, 5) is 0. The summed E-state index contributed by atoms with van der Waals surface area (Å²) in [7, 11) is 0. The minimum atomic E-state index is 0. The molecule has 0 spiro atoms. The van der Waals surface area contributed by atoms with Crippen molar-refractivity contribution in [3.8, 4) is 0 Å². The molecule has 0 aromatic carbocycles. The van der Waals surface area contributed by atoms with Crippen LogP contribution in [0.25, 0.3) is 0 Å². The van der Waals surface area contributed by atoms with Crippen LogP contribution in [-0.2, 0) is 0 Å². The standard InChI is InChI=1S/CH4BCl.2H2O/c1-2-3;;/h2H,1H3;2*1H2. The Morgan fingerprint density at radius 1 is 1.40 bits per heavy atom. The molecular weight excluding hydrogens is 90.3 g/mol. The van der Waals surface area contributed by atoms with Gasteiger partial charge in [0.05, 0.1) is 0 Å². The van der Waals surface area contributed by atoms with Crippen LogP contribution in [0.3, 0.4) is 0 Å². The van der Waals surface area contributed by atoms with E-state index in [4.69, 9.17) is 11.5 Å². The van der Waals surface area contributed by atoms with E-state index in [0.717, 1.165) is 6.69 Å². The Bertz CT molecular complexity index is 9.61. The van der Waals surface area contributed by atoms with Gasteiger partial charge < -0.3 is 11.0 Å². The van der Waals surface area contributed by atoms with Gasteiger partial charge in [-0.1, -0.05) is 6.82 Å². The third-order valence-electron chi connectivity index (χ3n) is 0. The largest absolute Gasteiger partial charge is 0.412 e. The molecule has 0 saturated carbocycles. The molecule has 0 atom stereocenters. The van der Waals surface area contributed by atoms with E-state index >= 15 is 0 Å². The van der Waals surface area contributed by atoms with Crippen LogP contribution in [0.2, 0.25) is 6.82 Å². The molecule has 0 heterocycles. The zero-order valence-corrected chi connectivity index (χ0v) is 3.84. The Morgan fingerprint density at radius 2 is 1.40 bits per heavy atom. The van der Waals surface area contributed by atoms with Gasteiger partial charge in [0.2, 0.25) is 6.69 Å². The first-order valence-electron chi connectivity index (χ1n) is 0.974. The van der Waals surface area contributed by atoms with Crippen LogP contribution in [0.5, 0.6) is 0 Å². The van der Waals surface area contributed by atoms with E-state index in [-0.39, 0.29) is 11.0 Å². The number of hydrogen-bond acceptors (Lipinski definition) is 0. The van der Waals surface area contributed by atoms with Crippen LogP contribution < -0.4 is 0 Å². The topological polar surface area (TPSA) is 63.0 Å². The molecule has 0 aromatic rings. The summed E-state index contributed by atoms with van der Waals surface area (Å²) in [6.45, 7) is 2.61. The van der Waals surface area contributed by atoms with Gasteiger partial charge in [0.1, 0.15) is 0 Å². The highest BCUT2D eigenvalue weighted by Gasteiger charge is 1.47. The predicted molar refractivity (Wildman–Crippen MR) is 26.1 cm³/mol. The fraction of sp³-hybridized carbons (Fsp3) is 1.00. The van der Waals surface area contributed by atoms with Crippen LogP contribution in [-0.4, -0.2) is 17.6 Å². The summed E-state index contributed by atoms with van der Waals surface area (Å²) >= 11 is 5.00. The van der Waals surface area contributed by atoms with E-state index < -0.39 is 0 Å². The average molecular weight is 98.3 g/mol. The Labute approximate surface area is 36.9 Å². The van der Waals surface area contributed by atoms with Crippen molar-refractivity contribution in [2.24, 2.45) is 0 Å². The van der Waals surface area contributed by atoms with Crippen LogP contribution in [0.1, 0.15) is 0 Å². The molecule has 0 aliphatic rings. The average Bonchev–Trinajstić information content (AvgIpc) is 0.918. The number of halogens is 1. The quantitative estimate of drug-likeness (QED) is 0.348.